The first-order valence-corrected chi connectivity index (χ1v) is 6.65. The van der Waals surface area contributed by atoms with E-state index in [1.165, 1.54) is 0 Å². The summed E-state index contributed by atoms with van der Waals surface area (Å²) < 4.78 is 11.3. The van der Waals surface area contributed by atoms with Gasteiger partial charge < -0.3 is 14.8 Å². The van der Waals surface area contributed by atoms with Crippen LogP contribution in [0.4, 0.5) is 0 Å². The van der Waals surface area contributed by atoms with Crippen LogP contribution in [-0.4, -0.2) is 33.0 Å². The van der Waals surface area contributed by atoms with Gasteiger partial charge in [-0.2, -0.15) is 0 Å². The van der Waals surface area contributed by atoms with Gasteiger partial charge in [0.05, 0.1) is 11.6 Å². The number of nitrogens with one attached hydrogen (secondary N) is 1. The minimum absolute atomic E-state index is 0.130. The van der Waals surface area contributed by atoms with Gasteiger partial charge in [0.15, 0.2) is 0 Å². The third-order valence-electron chi connectivity index (χ3n) is 3.74. The van der Waals surface area contributed by atoms with Gasteiger partial charge in [-0.05, 0) is 24.7 Å². The molecule has 0 saturated carbocycles. The molecule has 0 spiro atoms. The zero-order valence-electron chi connectivity index (χ0n) is 10.9. The lowest BCUT2D eigenvalue weighted by molar-refractivity contribution is -0.110. The Morgan fingerprint density at radius 3 is 2.67 bits per heavy atom. The van der Waals surface area contributed by atoms with E-state index < -0.39 is 0 Å². The van der Waals surface area contributed by atoms with Crippen LogP contribution in [0.25, 0.3) is 0 Å². The van der Waals surface area contributed by atoms with E-state index >= 15 is 0 Å². The molecule has 1 unspecified atom stereocenters. The summed E-state index contributed by atoms with van der Waals surface area (Å²) >= 11 is 6.08. The number of methoxy groups -OCH3 is 1. The van der Waals surface area contributed by atoms with E-state index in [0.29, 0.717) is 0 Å². The quantitative estimate of drug-likeness (QED) is 0.912. The predicted octanol–water partition coefficient (Wildman–Crippen LogP) is 2.80. The van der Waals surface area contributed by atoms with Crippen LogP contribution in [-0.2, 0) is 9.47 Å². The van der Waals surface area contributed by atoms with Gasteiger partial charge in [-0.1, -0.05) is 23.7 Å². The first-order chi connectivity index (χ1) is 8.72. The Labute approximate surface area is 113 Å². The van der Waals surface area contributed by atoms with Crippen molar-refractivity contribution in [1.82, 2.24) is 5.32 Å². The second-order valence-corrected chi connectivity index (χ2v) is 5.09. The zero-order valence-corrected chi connectivity index (χ0v) is 11.7. The molecule has 100 valence electrons. The fourth-order valence-electron chi connectivity index (χ4n) is 2.75. The number of rotatable bonds is 4. The lowest BCUT2D eigenvalue weighted by atomic mass is 9.82. The van der Waals surface area contributed by atoms with Crippen molar-refractivity contribution in [3.05, 3.63) is 34.9 Å². The van der Waals surface area contributed by atoms with Crippen molar-refractivity contribution in [2.24, 2.45) is 0 Å². The summed E-state index contributed by atoms with van der Waals surface area (Å²) in [5, 5.41) is 4.12. The predicted molar refractivity (Wildman–Crippen MR) is 73.0 cm³/mol. The minimum atomic E-state index is -0.211. The average Bonchev–Trinajstić information content (AvgIpc) is 2.41. The maximum absolute atomic E-state index is 6.08. The maximum Gasteiger partial charge on any atom is 0.0916 e. The summed E-state index contributed by atoms with van der Waals surface area (Å²) in [5.41, 5.74) is 0.950. The molecule has 1 saturated heterocycles. The molecule has 0 aromatic heterocycles. The first-order valence-electron chi connectivity index (χ1n) is 6.27. The summed E-state index contributed by atoms with van der Waals surface area (Å²) in [4.78, 5) is 0. The Kier molecular flexibility index (Phi) is 4.62. The third-order valence-corrected chi connectivity index (χ3v) is 3.98. The number of hydrogen-bond acceptors (Lipinski definition) is 3. The Hall–Kier alpha value is -0.610. The van der Waals surface area contributed by atoms with Gasteiger partial charge in [-0.3, -0.25) is 0 Å². The summed E-state index contributed by atoms with van der Waals surface area (Å²) in [5.74, 6) is 0. The van der Waals surface area contributed by atoms with Crippen LogP contribution in [0.15, 0.2) is 24.3 Å². The lowest BCUT2D eigenvalue weighted by Crippen LogP contribution is -2.48. The van der Waals surface area contributed by atoms with Gasteiger partial charge in [-0.15, -0.1) is 0 Å². The highest BCUT2D eigenvalue weighted by Gasteiger charge is 2.40. The van der Waals surface area contributed by atoms with Crippen molar-refractivity contribution in [1.29, 1.82) is 0 Å². The van der Waals surface area contributed by atoms with Crippen molar-refractivity contribution in [3.63, 3.8) is 0 Å². The van der Waals surface area contributed by atoms with Crippen LogP contribution in [0.3, 0.4) is 0 Å². The molecule has 1 aromatic rings. The molecule has 1 heterocycles. The van der Waals surface area contributed by atoms with Crippen LogP contribution in [0.1, 0.15) is 24.4 Å². The lowest BCUT2D eigenvalue weighted by Gasteiger charge is -2.42. The van der Waals surface area contributed by atoms with E-state index in [2.05, 4.69) is 11.4 Å². The van der Waals surface area contributed by atoms with E-state index in [4.69, 9.17) is 21.1 Å². The highest BCUT2D eigenvalue weighted by Crippen LogP contribution is 2.37. The number of ether oxygens (including phenoxy) is 2. The highest BCUT2D eigenvalue weighted by atomic mass is 35.5. The molecular formula is C14H20ClNO2. The molecule has 1 aliphatic rings. The highest BCUT2D eigenvalue weighted by molar-refractivity contribution is 6.30. The van der Waals surface area contributed by atoms with Gasteiger partial charge in [0, 0.05) is 38.2 Å². The van der Waals surface area contributed by atoms with Gasteiger partial charge >= 0.3 is 0 Å². The SMILES string of the molecule is CNC(c1cccc(Cl)c1)C1(OC)CCOCC1. The van der Waals surface area contributed by atoms with E-state index in [0.717, 1.165) is 36.6 Å². The maximum atomic E-state index is 6.08. The average molecular weight is 270 g/mol. The van der Waals surface area contributed by atoms with Gasteiger partial charge in [0.25, 0.3) is 0 Å². The second-order valence-electron chi connectivity index (χ2n) is 4.66. The molecule has 0 amide bonds. The molecule has 1 N–H and O–H groups in total. The summed E-state index contributed by atoms with van der Waals surface area (Å²) in [6, 6.07) is 8.08. The van der Waals surface area contributed by atoms with E-state index in [9.17, 15) is 0 Å². The van der Waals surface area contributed by atoms with Gasteiger partial charge in [-0.25, -0.2) is 0 Å². The molecule has 0 aliphatic carbocycles. The molecule has 3 nitrogen and oxygen atoms in total. The van der Waals surface area contributed by atoms with Gasteiger partial charge in [0.1, 0.15) is 0 Å². The zero-order chi connectivity index (χ0) is 13.0. The fourth-order valence-corrected chi connectivity index (χ4v) is 2.95. The molecule has 18 heavy (non-hydrogen) atoms. The van der Waals surface area contributed by atoms with Crippen LogP contribution >= 0.6 is 11.6 Å². The van der Waals surface area contributed by atoms with E-state index in [1.807, 2.05) is 25.2 Å². The van der Waals surface area contributed by atoms with Crippen LogP contribution < -0.4 is 5.32 Å². The molecule has 1 atom stereocenters. The third kappa shape index (κ3) is 2.69. The van der Waals surface area contributed by atoms with Crippen molar-refractivity contribution in [2.75, 3.05) is 27.4 Å². The van der Waals surface area contributed by atoms with Crippen LogP contribution in [0.5, 0.6) is 0 Å². The Morgan fingerprint density at radius 1 is 1.39 bits per heavy atom. The summed E-state index contributed by atoms with van der Waals surface area (Å²) in [6.07, 6.45) is 1.78. The normalized spacial score (nSPS) is 20.6. The van der Waals surface area contributed by atoms with Gasteiger partial charge in [0.2, 0.25) is 0 Å². The number of likely N-dealkylation sites (N-methyl/N-ethyl adjacent to an activating group) is 1. The van der Waals surface area contributed by atoms with Crippen molar-refractivity contribution >= 4 is 11.6 Å². The molecule has 0 bridgehead atoms. The largest absolute Gasteiger partial charge is 0.381 e. The Balaban J connectivity index is 2.31. The minimum Gasteiger partial charge on any atom is -0.381 e. The van der Waals surface area contributed by atoms with E-state index in [1.54, 1.807) is 7.11 Å². The van der Waals surface area contributed by atoms with Crippen molar-refractivity contribution in [3.8, 4) is 0 Å². The first kappa shape index (κ1) is 13.8. The van der Waals surface area contributed by atoms with Crippen molar-refractivity contribution in [2.45, 2.75) is 24.5 Å². The van der Waals surface area contributed by atoms with E-state index in [-0.39, 0.29) is 11.6 Å². The molecule has 1 aliphatic heterocycles. The monoisotopic (exact) mass is 269 g/mol. The smallest absolute Gasteiger partial charge is 0.0916 e. The summed E-state index contributed by atoms with van der Waals surface area (Å²) in [6.45, 7) is 1.49. The number of benzene rings is 1. The fraction of sp³-hybridized carbons (Fsp3) is 0.571. The van der Waals surface area contributed by atoms with Crippen LogP contribution in [0, 0.1) is 0 Å². The van der Waals surface area contributed by atoms with Crippen LogP contribution in [0.2, 0.25) is 5.02 Å². The topological polar surface area (TPSA) is 30.5 Å². The summed E-state index contributed by atoms with van der Waals surface area (Å²) in [7, 11) is 3.74. The van der Waals surface area contributed by atoms with Crippen molar-refractivity contribution < 1.29 is 9.47 Å². The molecule has 1 aromatic carbocycles. The second kappa shape index (κ2) is 6.02. The molecular weight excluding hydrogens is 250 g/mol. The Bertz CT molecular complexity index is 391. The molecule has 2 rings (SSSR count). The standard InChI is InChI=1S/C14H20ClNO2/c1-16-13(11-4-3-5-12(15)10-11)14(17-2)6-8-18-9-7-14/h3-5,10,13,16H,6-9H2,1-2H3. The molecule has 4 heteroatoms. The number of halogens is 1. The number of hydrogen-bond donors (Lipinski definition) is 1. The Morgan fingerprint density at radius 2 is 2.11 bits per heavy atom. The molecule has 0 radical (unpaired) electrons. The molecule has 1 fully saturated rings.